The lowest BCUT2D eigenvalue weighted by Crippen LogP contribution is -2.31. The zero-order chi connectivity index (χ0) is 19.9. The van der Waals surface area contributed by atoms with Crippen molar-refractivity contribution in [3.63, 3.8) is 0 Å². The fourth-order valence-corrected chi connectivity index (χ4v) is 2.76. The largest absolute Gasteiger partial charge is 0.484 e. The number of ketones is 1. The summed E-state index contributed by atoms with van der Waals surface area (Å²) in [6, 6.07) is 17.0. The Kier molecular flexibility index (Phi) is 6.40. The number of rotatable bonds is 7. The van der Waals surface area contributed by atoms with Crippen LogP contribution >= 0.6 is 11.6 Å². The van der Waals surface area contributed by atoms with E-state index >= 15 is 0 Å². The number of pyridine rings is 1. The van der Waals surface area contributed by atoms with Crippen LogP contribution in [0.3, 0.4) is 0 Å². The third kappa shape index (κ3) is 5.18. The maximum atomic E-state index is 12.4. The van der Waals surface area contributed by atoms with Gasteiger partial charge in [-0.1, -0.05) is 11.6 Å². The quantitative estimate of drug-likeness (QED) is 0.609. The van der Waals surface area contributed by atoms with Gasteiger partial charge in [0, 0.05) is 28.5 Å². The first-order chi connectivity index (χ1) is 13.5. The van der Waals surface area contributed by atoms with Crippen LogP contribution in [0.2, 0.25) is 5.02 Å². The molecule has 1 atom stereocenters. The maximum absolute atomic E-state index is 12.4. The molecule has 0 aliphatic carbocycles. The molecule has 2 aromatic carbocycles. The highest BCUT2D eigenvalue weighted by molar-refractivity contribution is 6.30. The Balaban J connectivity index is 1.53. The van der Waals surface area contributed by atoms with Gasteiger partial charge in [-0.15, -0.1) is 0 Å². The average Bonchev–Trinajstić information content (AvgIpc) is 2.73. The predicted molar refractivity (Wildman–Crippen MR) is 108 cm³/mol. The second-order valence-corrected chi connectivity index (χ2v) is 6.66. The molecule has 0 saturated heterocycles. The summed E-state index contributed by atoms with van der Waals surface area (Å²) in [4.78, 5) is 28.5. The number of nitrogens with one attached hydrogen (secondary N) is 1. The summed E-state index contributed by atoms with van der Waals surface area (Å²) in [6.07, 6.45) is 3.36. The predicted octanol–water partition coefficient (Wildman–Crippen LogP) is 4.22. The normalized spacial score (nSPS) is 11.5. The topological polar surface area (TPSA) is 68.3 Å². The number of benzene rings is 2. The minimum atomic E-state index is -0.231. The van der Waals surface area contributed by atoms with Crippen molar-refractivity contribution < 1.29 is 14.3 Å². The number of hydrogen-bond acceptors (Lipinski definition) is 4. The highest BCUT2D eigenvalue weighted by Gasteiger charge is 2.11. The third-order valence-electron chi connectivity index (χ3n) is 4.18. The lowest BCUT2D eigenvalue weighted by Gasteiger charge is -2.14. The van der Waals surface area contributed by atoms with E-state index in [1.54, 1.807) is 60.9 Å². The Bertz CT molecular complexity index is 942. The lowest BCUT2D eigenvalue weighted by atomic mass is 10.0. The fourth-order valence-electron chi connectivity index (χ4n) is 2.64. The van der Waals surface area contributed by atoms with Gasteiger partial charge in [-0.25, -0.2) is 0 Å². The average molecular weight is 395 g/mol. The molecule has 0 aliphatic heterocycles. The van der Waals surface area contributed by atoms with Crippen LogP contribution in [0.1, 0.15) is 34.5 Å². The van der Waals surface area contributed by atoms with Gasteiger partial charge in [0.25, 0.3) is 5.91 Å². The number of aromatic nitrogens is 1. The van der Waals surface area contributed by atoms with Gasteiger partial charge < -0.3 is 10.1 Å². The molecule has 3 rings (SSSR count). The molecule has 0 unspecified atom stereocenters. The summed E-state index contributed by atoms with van der Waals surface area (Å²) in [5, 5.41) is 3.45. The van der Waals surface area contributed by atoms with Gasteiger partial charge in [-0.05, 0) is 73.2 Å². The maximum Gasteiger partial charge on any atom is 0.258 e. The fraction of sp³-hybridized carbons (Fsp3) is 0.136. The molecule has 5 nitrogen and oxygen atoms in total. The van der Waals surface area contributed by atoms with Crippen molar-refractivity contribution in [1.29, 1.82) is 0 Å². The van der Waals surface area contributed by atoms with Gasteiger partial charge in [0.05, 0.1) is 6.04 Å². The number of amides is 1. The standard InChI is InChI=1S/C22H19ClN2O3/c1-15(16-10-12-24-13-11-16)25-21(26)14-28-20-8-4-18(5-9-20)22(27)17-2-6-19(23)7-3-17/h2-13,15H,14H2,1H3,(H,25,26)/t15-/m0/s1. The molecular formula is C22H19ClN2O3. The molecule has 0 saturated carbocycles. The molecule has 142 valence electrons. The zero-order valence-corrected chi connectivity index (χ0v) is 16.0. The first kappa shape index (κ1) is 19.6. The van der Waals surface area contributed by atoms with Gasteiger partial charge in [0.15, 0.2) is 12.4 Å². The Hall–Kier alpha value is -3.18. The van der Waals surface area contributed by atoms with E-state index in [-0.39, 0.29) is 24.3 Å². The molecule has 1 amide bonds. The molecule has 0 fully saturated rings. The van der Waals surface area contributed by atoms with E-state index in [1.807, 2.05) is 19.1 Å². The van der Waals surface area contributed by atoms with Crippen LogP contribution in [-0.4, -0.2) is 23.3 Å². The van der Waals surface area contributed by atoms with Crippen molar-refractivity contribution >= 4 is 23.3 Å². The number of ether oxygens (including phenoxy) is 1. The third-order valence-corrected chi connectivity index (χ3v) is 4.43. The minimum Gasteiger partial charge on any atom is -0.484 e. The van der Waals surface area contributed by atoms with Crippen molar-refractivity contribution in [2.75, 3.05) is 6.61 Å². The van der Waals surface area contributed by atoms with Crippen LogP contribution in [-0.2, 0) is 4.79 Å². The number of carbonyl (C=O) groups excluding carboxylic acids is 2. The van der Waals surface area contributed by atoms with Crippen LogP contribution in [0.4, 0.5) is 0 Å². The summed E-state index contributed by atoms with van der Waals surface area (Å²) in [6.45, 7) is 1.78. The Labute approximate surface area is 168 Å². The molecular weight excluding hydrogens is 376 g/mol. The molecule has 1 N–H and O–H groups in total. The van der Waals surface area contributed by atoms with E-state index in [9.17, 15) is 9.59 Å². The monoisotopic (exact) mass is 394 g/mol. The molecule has 0 radical (unpaired) electrons. The van der Waals surface area contributed by atoms with E-state index in [0.717, 1.165) is 5.56 Å². The van der Waals surface area contributed by atoms with Crippen LogP contribution in [0, 0.1) is 0 Å². The second kappa shape index (κ2) is 9.15. The van der Waals surface area contributed by atoms with Crippen molar-refractivity contribution in [3.8, 4) is 5.75 Å². The Morgan fingerprint density at radius 1 is 0.964 bits per heavy atom. The molecule has 6 heteroatoms. The van der Waals surface area contributed by atoms with Crippen LogP contribution < -0.4 is 10.1 Å². The Morgan fingerprint density at radius 3 is 2.14 bits per heavy atom. The highest BCUT2D eigenvalue weighted by atomic mass is 35.5. The minimum absolute atomic E-state index is 0.105. The first-order valence-electron chi connectivity index (χ1n) is 8.75. The highest BCUT2D eigenvalue weighted by Crippen LogP contribution is 2.17. The van der Waals surface area contributed by atoms with E-state index in [2.05, 4.69) is 10.3 Å². The van der Waals surface area contributed by atoms with Crippen LogP contribution in [0.25, 0.3) is 0 Å². The molecule has 3 aromatic rings. The van der Waals surface area contributed by atoms with Crippen molar-refractivity contribution in [3.05, 3.63) is 94.8 Å². The van der Waals surface area contributed by atoms with Gasteiger partial charge >= 0.3 is 0 Å². The number of carbonyl (C=O) groups is 2. The van der Waals surface area contributed by atoms with E-state index in [4.69, 9.17) is 16.3 Å². The molecule has 0 aliphatic rings. The zero-order valence-electron chi connectivity index (χ0n) is 15.3. The van der Waals surface area contributed by atoms with Gasteiger partial charge in [-0.3, -0.25) is 14.6 Å². The van der Waals surface area contributed by atoms with Crippen molar-refractivity contribution in [1.82, 2.24) is 10.3 Å². The van der Waals surface area contributed by atoms with Crippen molar-refractivity contribution in [2.45, 2.75) is 13.0 Å². The molecule has 1 heterocycles. The summed E-state index contributed by atoms with van der Waals surface area (Å²) >= 11 is 5.85. The van der Waals surface area contributed by atoms with Gasteiger partial charge in [-0.2, -0.15) is 0 Å². The molecule has 28 heavy (non-hydrogen) atoms. The van der Waals surface area contributed by atoms with Crippen LogP contribution in [0.15, 0.2) is 73.1 Å². The van der Waals surface area contributed by atoms with E-state index in [0.29, 0.717) is 21.9 Å². The van der Waals surface area contributed by atoms with Crippen LogP contribution in [0.5, 0.6) is 5.75 Å². The molecule has 0 bridgehead atoms. The Morgan fingerprint density at radius 2 is 1.54 bits per heavy atom. The van der Waals surface area contributed by atoms with Gasteiger partial charge in [0.1, 0.15) is 5.75 Å². The van der Waals surface area contributed by atoms with E-state index < -0.39 is 0 Å². The number of nitrogens with zero attached hydrogens (tertiary/aromatic N) is 1. The second-order valence-electron chi connectivity index (χ2n) is 6.22. The number of halogens is 1. The van der Waals surface area contributed by atoms with Gasteiger partial charge in [0.2, 0.25) is 0 Å². The van der Waals surface area contributed by atoms with Crippen molar-refractivity contribution in [2.24, 2.45) is 0 Å². The first-order valence-corrected chi connectivity index (χ1v) is 9.13. The summed E-state index contributed by atoms with van der Waals surface area (Å²) in [5.74, 6) is 0.178. The lowest BCUT2D eigenvalue weighted by molar-refractivity contribution is -0.123. The smallest absolute Gasteiger partial charge is 0.258 e. The summed E-state index contributed by atoms with van der Waals surface area (Å²) in [7, 11) is 0. The molecule has 1 aromatic heterocycles. The number of hydrogen-bond donors (Lipinski definition) is 1. The molecule has 0 spiro atoms. The summed E-state index contributed by atoms with van der Waals surface area (Å²) in [5.41, 5.74) is 2.06. The van der Waals surface area contributed by atoms with E-state index in [1.165, 1.54) is 0 Å². The summed E-state index contributed by atoms with van der Waals surface area (Å²) < 4.78 is 5.51. The SMILES string of the molecule is C[C@H](NC(=O)COc1ccc(C(=O)c2ccc(Cl)cc2)cc1)c1ccncc1.